The zero-order chi connectivity index (χ0) is 11.3. The summed E-state index contributed by atoms with van der Waals surface area (Å²) in [5.74, 6) is 0.513. The van der Waals surface area contributed by atoms with E-state index in [1.165, 1.54) is 13.5 Å². The van der Waals surface area contributed by atoms with Crippen LogP contribution in [0.5, 0.6) is 0 Å². The molecule has 16 heavy (non-hydrogen) atoms. The number of hydrogen-bond acceptors (Lipinski definition) is 4. The second-order valence-corrected chi connectivity index (χ2v) is 4.28. The molecule has 0 spiro atoms. The summed E-state index contributed by atoms with van der Waals surface area (Å²) >= 11 is 0. The molecular weight excluding hydrogens is 228 g/mol. The van der Waals surface area contributed by atoms with Gasteiger partial charge in [-0.2, -0.15) is 0 Å². The number of methoxy groups -OCH3 is 1. The molecule has 0 bridgehead atoms. The highest BCUT2D eigenvalue weighted by Gasteiger charge is 2.27. The Labute approximate surface area is 104 Å². The van der Waals surface area contributed by atoms with Crippen LogP contribution in [0, 0.1) is 5.92 Å². The third-order valence-corrected chi connectivity index (χ3v) is 3.22. The van der Waals surface area contributed by atoms with Crippen molar-refractivity contribution in [2.75, 3.05) is 26.7 Å². The first kappa shape index (κ1) is 15.7. The monoisotopic (exact) mass is 250 g/mol. The Hall–Kier alpha value is -0.320. The second-order valence-electron chi connectivity index (χ2n) is 4.28. The van der Waals surface area contributed by atoms with E-state index in [2.05, 4.69) is 4.90 Å². The maximum atomic E-state index is 11.4. The molecule has 0 aromatic rings. The first-order valence-electron chi connectivity index (χ1n) is 5.71. The van der Waals surface area contributed by atoms with Gasteiger partial charge in [0.15, 0.2) is 0 Å². The van der Waals surface area contributed by atoms with Crippen molar-refractivity contribution in [3.8, 4) is 0 Å². The van der Waals surface area contributed by atoms with Crippen molar-refractivity contribution >= 4 is 18.4 Å². The highest BCUT2D eigenvalue weighted by Crippen LogP contribution is 2.20. The molecule has 0 amide bonds. The molecule has 0 aliphatic carbocycles. The van der Waals surface area contributed by atoms with E-state index in [0.717, 1.165) is 32.5 Å². The summed E-state index contributed by atoms with van der Waals surface area (Å²) in [5, 5.41) is 0. The molecule has 0 saturated carbocycles. The van der Waals surface area contributed by atoms with E-state index in [4.69, 9.17) is 10.5 Å². The van der Waals surface area contributed by atoms with Crippen LogP contribution in [0.2, 0.25) is 0 Å². The molecule has 1 fully saturated rings. The number of ether oxygens (including phenoxy) is 1. The number of piperidine rings is 1. The maximum Gasteiger partial charge on any atom is 0.322 e. The Kier molecular flexibility index (Phi) is 7.72. The van der Waals surface area contributed by atoms with Gasteiger partial charge in [-0.15, -0.1) is 12.4 Å². The third-order valence-electron chi connectivity index (χ3n) is 3.22. The van der Waals surface area contributed by atoms with Crippen LogP contribution in [0.4, 0.5) is 0 Å². The Morgan fingerprint density at radius 3 is 2.88 bits per heavy atom. The van der Waals surface area contributed by atoms with Gasteiger partial charge in [-0.1, -0.05) is 0 Å². The predicted molar refractivity (Wildman–Crippen MR) is 66.7 cm³/mol. The van der Waals surface area contributed by atoms with Crippen LogP contribution in [-0.4, -0.2) is 43.7 Å². The zero-order valence-corrected chi connectivity index (χ0v) is 11.0. The summed E-state index contributed by atoms with van der Waals surface area (Å²) in [5.41, 5.74) is 5.56. The number of likely N-dealkylation sites (tertiary alicyclic amines) is 1. The lowest BCUT2D eigenvalue weighted by atomic mass is 9.94. The van der Waals surface area contributed by atoms with Crippen molar-refractivity contribution in [1.82, 2.24) is 4.90 Å². The molecule has 1 aliphatic heterocycles. The molecule has 1 saturated heterocycles. The molecule has 5 heteroatoms. The number of carbonyl (C=O) groups excluding carboxylic acids is 1. The van der Waals surface area contributed by atoms with E-state index in [1.54, 1.807) is 0 Å². The van der Waals surface area contributed by atoms with Crippen molar-refractivity contribution in [2.24, 2.45) is 11.7 Å². The zero-order valence-electron chi connectivity index (χ0n) is 10.1. The first-order chi connectivity index (χ1) is 7.19. The fourth-order valence-corrected chi connectivity index (χ4v) is 2.24. The van der Waals surface area contributed by atoms with E-state index in [-0.39, 0.29) is 24.4 Å². The summed E-state index contributed by atoms with van der Waals surface area (Å²) in [4.78, 5) is 13.6. The van der Waals surface area contributed by atoms with Gasteiger partial charge in [0.2, 0.25) is 0 Å². The Bertz CT molecular complexity index is 212. The van der Waals surface area contributed by atoms with Crippen LogP contribution in [-0.2, 0) is 9.53 Å². The van der Waals surface area contributed by atoms with Gasteiger partial charge in [-0.25, -0.2) is 0 Å². The van der Waals surface area contributed by atoms with Crippen LogP contribution in [0.3, 0.4) is 0 Å². The summed E-state index contributed by atoms with van der Waals surface area (Å²) < 4.78 is 4.76. The second kappa shape index (κ2) is 7.87. The molecule has 96 valence electrons. The van der Waals surface area contributed by atoms with Gasteiger partial charge in [0, 0.05) is 6.54 Å². The molecule has 1 heterocycles. The lowest BCUT2D eigenvalue weighted by molar-refractivity contribution is -0.147. The minimum absolute atomic E-state index is 0. The van der Waals surface area contributed by atoms with Gasteiger partial charge >= 0.3 is 5.97 Å². The number of esters is 1. The van der Waals surface area contributed by atoms with Crippen molar-refractivity contribution in [2.45, 2.75) is 32.2 Å². The van der Waals surface area contributed by atoms with Crippen molar-refractivity contribution < 1.29 is 9.53 Å². The molecule has 2 N–H and O–H groups in total. The van der Waals surface area contributed by atoms with E-state index in [0.29, 0.717) is 5.92 Å². The lowest BCUT2D eigenvalue weighted by Gasteiger charge is -2.35. The number of halogens is 1. The predicted octanol–water partition coefficient (Wildman–Crippen LogP) is 1.03. The van der Waals surface area contributed by atoms with E-state index >= 15 is 0 Å². The van der Waals surface area contributed by atoms with Crippen LogP contribution in [0.25, 0.3) is 0 Å². The van der Waals surface area contributed by atoms with Gasteiger partial charge in [0.1, 0.15) is 6.04 Å². The number of nitrogens with zero attached hydrogens (tertiary/aromatic N) is 1. The van der Waals surface area contributed by atoms with Gasteiger partial charge in [-0.05, 0) is 45.2 Å². The Morgan fingerprint density at radius 1 is 1.62 bits per heavy atom. The standard InChI is InChI=1S/C11H22N2O2.ClH/c1-9(11(14)15-2)13-7-3-4-10(8-13)5-6-12;/h9-10H,3-8,12H2,1-2H3;1H. The molecule has 4 nitrogen and oxygen atoms in total. The average Bonchev–Trinajstić information content (AvgIpc) is 2.28. The molecule has 1 aliphatic rings. The van der Waals surface area contributed by atoms with Gasteiger partial charge in [0.25, 0.3) is 0 Å². The smallest absolute Gasteiger partial charge is 0.322 e. The van der Waals surface area contributed by atoms with E-state index in [9.17, 15) is 4.79 Å². The third kappa shape index (κ3) is 4.28. The quantitative estimate of drug-likeness (QED) is 0.758. The Morgan fingerprint density at radius 2 is 2.31 bits per heavy atom. The average molecular weight is 251 g/mol. The fraction of sp³-hybridized carbons (Fsp3) is 0.909. The van der Waals surface area contributed by atoms with E-state index in [1.807, 2.05) is 6.92 Å². The van der Waals surface area contributed by atoms with E-state index < -0.39 is 0 Å². The Balaban J connectivity index is 0.00000225. The topological polar surface area (TPSA) is 55.6 Å². The molecule has 2 unspecified atom stereocenters. The normalized spacial score (nSPS) is 23.3. The fourth-order valence-electron chi connectivity index (χ4n) is 2.24. The molecule has 0 radical (unpaired) electrons. The molecule has 1 rings (SSSR count). The summed E-state index contributed by atoms with van der Waals surface area (Å²) in [7, 11) is 1.44. The highest BCUT2D eigenvalue weighted by atomic mass is 35.5. The summed E-state index contributed by atoms with van der Waals surface area (Å²) in [6.07, 6.45) is 3.46. The van der Waals surface area contributed by atoms with Crippen LogP contribution < -0.4 is 5.73 Å². The van der Waals surface area contributed by atoms with Crippen molar-refractivity contribution in [3.05, 3.63) is 0 Å². The van der Waals surface area contributed by atoms with Crippen LogP contribution >= 0.6 is 12.4 Å². The minimum Gasteiger partial charge on any atom is -0.468 e. The summed E-state index contributed by atoms with van der Waals surface area (Å²) in [6.45, 7) is 4.63. The number of carbonyl (C=O) groups is 1. The van der Waals surface area contributed by atoms with Crippen molar-refractivity contribution in [1.29, 1.82) is 0 Å². The van der Waals surface area contributed by atoms with Crippen LogP contribution in [0.15, 0.2) is 0 Å². The number of hydrogen-bond donors (Lipinski definition) is 1. The summed E-state index contributed by atoms with van der Waals surface area (Å²) in [6, 6.07) is -0.115. The minimum atomic E-state index is -0.136. The number of nitrogens with two attached hydrogens (primary N) is 1. The molecular formula is C11H23ClN2O2. The molecule has 0 aromatic heterocycles. The van der Waals surface area contributed by atoms with Gasteiger partial charge < -0.3 is 10.5 Å². The number of rotatable bonds is 4. The van der Waals surface area contributed by atoms with Gasteiger partial charge in [-0.3, -0.25) is 9.69 Å². The molecule has 2 atom stereocenters. The maximum absolute atomic E-state index is 11.4. The molecule has 0 aromatic carbocycles. The largest absolute Gasteiger partial charge is 0.468 e. The lowest BCUT2D eigenvalue weighted by Crippen LogP contribution is -2.45. The van der Waals surface area contributed by atoms with Crippen LogP contribution in [0.1, 0.15) is 26.2 Å². The van der Waals surface area contributed by atoms with Gasteiger partial charge in [0.05, 0.1) is 7.11 Å². The SMILES string of the molecule is COC(=O)C(C)N1CCCC(CCN)C1.Cl. The first-order valence-corrected chi connectivity index (χ1v) is 5.71. The van der Waals surface area contributed by atoms with Crippen molar-refractivity contribution in [3.63, 3.8) is 0 Å². The highest BCUT2D eigenvalue weighted by molar-refractivity contribution is 5.85.